The van der Waals surface area contributed by atoms with Crippen molar-refractivity contribution in [3.05, 3.63) is 0 Å². The van der Waals surface area contributed by atoms with E-state index in [0.29, 0.717) is 18.6 Å². The van der Waals surface area contributed by atoms with Gasteiger partial charge in [0.2, 0.25) is 0 Å². The second-order valence-electron chi connectivity index (χ2n) is 4.23. The van der Waals surface area contributed by atoms with Crippen LogP contribution in [0.15, 0.2) is 0 Å². The van der Waals surface area contributed by atoms with Crippen molar-refractivity contribution in [3.63, 3.8) is 0 Å². The zero-order valence-electron chi connectivity index (χ0n) is 9.22. The Morgan fingerprint density at radius 3 is 2.38 bits per heavy atom. The molecule has 1 rings (SSSR count). The molecule has 0 unspecified atom stereocenters. The number of hydrogen-bond acceptors (Lipinski definition) is 3. The topological polar surface area (TPSA) is 47.3 Å². The van der Waals surface area contributed by atoms with Gasteiger partial charge in [-0.1, -0.05) is 0 Å². The monoisotopic (exact) mass is 240 g/mol. The fourth-order valence-electron chi connectivity index (χ4n) is 1.85. The zero-order chi connectivity index (χ0) is 12.0. The van der Waals surface area contributed by atoms with Crippen LogP contribution in [0.5, 0.6) is 0 Å². The predicted molar refractivity (Wildman–Crippen MR) is 55.1 cm³/mol. The van der Waals surface area contributed by atoms with E-state index >= 15 is 0 Å². The van der Waals surface area contributed by atoms with Crippen LogP contribution in [0.2, 0.25) is 0 Å². The second kappa shape index (κ2) is 6.42. The summed E-state index contributed by atoms with van der Waals surface area (Å²) in [4.78, 5) is 0. The van der Waals surface area contributed by atoms with Crippen molar-refractivity contribution in [3.8, 4) is 0 Å². The summed E-state index contributed by atoms with van der Waals surface area (Å²) in [5.74, 6) is 0. The van der Waals surface area contributed by atoms with Gasteiger partial charge in [0.05, 0.1) is 6.61 Å². The molecule has 96 valence electrons. The molecule has 1 aliphatic rings. The maximum atomic E-state index is 11.7. The number of ether oxygens (including phenoxy) is 1. The van der Waals surface area contributed by atoms with Gasteiger partial charge in [-0.05, 0) is 25.7 Å². The molecule has 3 nitrogen and oxygen atoms in total. The van der Waals surface area contributed by atoms with Crippen LogP contribution in [0.3, 0.4) is 0 Å². The maximum absolute atomic E-state index is 11.7. The summed E-state index contributed by atoms with van der Waals surface area (Å²) >= 11 is 0. The van der Waals surface area contributed by atoms with E-state index in [0.717, 1.165) is 25.7 Å². The van der Waals surface area contributed by atoms with Crippen LogP contribution in [0, 0.1) is 0 Å². The van der Waals surface area contributed by atoms with Crippen molar-refractivity contribution >= 4 is 0 Å². The fourth-order valence-corrected chi connectivity index (χ4v) is 1.85. The maximum Gasteiger partial charge on any atom is 0.411 e. The summed E-state index contributed by atoms with van der Waals surface area (Å²) in [6.45, 7) is -0.595. The number of hydrogen-bond donors (Lipinski definition) is 2. The second-order valence-corrected chi connectivity index (χ2v) is 4.23. The van der Waals surface area contributed by atoms with Gasteiger partial charge in [0.15, 0.2) is 0 Å². The van der Waals surface area contributed by atoms with E-state index in [4.69, 9.17) is 5.73 Å². The first-order valence-electron chi connectivity index (χ1n) is 5.61. The molecule has 0 heterocycles. The van der Waals surface area contributed by atoms with Gasteiger partial charge in [-0.3, -0.25) is 0 Å². The molecule has 0 spiro atoms. The molecular formula is C10H19F3N2O. The Labute approximate surface area is 93.5 Å². The number of nitrogens with one attached hydrogen (secondary N) is 1. The van der Waals surface area contributed by atoms with Crippen molar-refractivity contribution < 1.29 is 17.9 Å². The quantitative estimate of drug-likeness (QED) is 0.715. The minimum absolute atomic E-state index is 0.0993. The van der Waals surface area contributed by atoms with E-state index in [1.165, 1.54) is 0 Å². The third kappa shape index (κ3) is 6.30. The van der Waals surface area contributed by atoms with Crippen molar-refractivity contribution in [2.75, 3.05) is 19.8 Å². The highest BCUT2D eigenvalue weighted by Crippen LogP contribution is 2.17. The van der Waals surface area contributed by atoms with E-state index in [1.54, 1.807) is 0 Å². The summed E-state index contributed by atoms with van der Waals surface area (Å²) in [5, 5.41) is 3.18. The molecule has 0 atom stereocenters. The Balaban J connectivity index is 1.95. The van der Waals surface area contributed by atoms with Gasteiger partial charge >= 0.3 is 6.18 Å². The molecule has 1 aliphatic carbocycles. The number of rotatable bonds is 5. The molecule has 0 radical (unpaired) electrons. The minimum atomic E-state index is -4.22. The molecule has 0 aromatic rings. The first-order valence-corrected chi connectivity index (χ1v) is 5.61. The van der Waals surface area contributed by atoms with Crippen molar-refractivity contribution in [2.45, 2.75) is 43.9 Å². The van der Waals surface area contributed by atoms with Crippen LogP contribution in [-0.4, -0.2) is 38.0 Å². The first-order chi connectivity index (χ1) is 7.47. The zero-order valence-corrected chi connectivity index (χ0v) is 9.22. The summed E-state index contributed by atoms with van der Waals surface area (Å²) in [6, 6.07) is 0.675. The van der Waals surface area contributed by atoms with Gasteiger partial charge in [-0.2, -0.15) is 13.2 Å². The van der Waals surface area contributed by atoms with Gasteiger partial charge in [0.25, 0.3) is 0 Å². The van der Waals surface area contributed by atoms with Crippen molar-refractivity contribution in [2.24, 2.45) is 5.73 Å². The molecule has 0 amide bonds. The van der Waals surface area contributed by atoms with Crippen LogP contribution in [0.1, 0.15) is 25.7 Å². The lowest BCUT2D eigenvalue weighted by atomic mass is 9.92. The normalized spacial score (nSPS) is 27.0. The molecule has 0 aromatic carbocycles. The molecule has 0 aromatic heterocycles. The predicted octanol–water partition coefficient (Wildman–Crippen LogP) is 1.42. The minimum Gasteiger partial charge on any atom is -0.371 e. The molecule has 0 aliphatic heterocycles. The highest BCUT2D eigenvalue weighted by atomic mass is 19.4. The lowest BCUT2D eigenvalue weighted by Gasteiger charge is -2.26. The highest BCUT2D eigenvalue weighted by molar-refractivity contribution is 4.78. The van der Waals surface area contributed by atoms with Gasteiger partial charge in [-0.15, -0.1) is 0 Å². The van der Waals surface area contributed by atoms with Crippen molar-refractivity contribution in [1.82, 2.24) is 5.32 Å². The van der Waals surface area contributed by atoms with E-state index in [9.17, 15) is 13.2 Å². The number of halogens is 3. The SMILES string of the molecule is NC1CCC(NCCOCC(F)(F)F)CC1. The molecule has 0 saturated heterocycles. The van der Waals surface area contributed by atoms with Crippen molar-refractivity contribution in [1.29, 1.82) is 0 Å². The summed E-state index contributed by atoms with van der Waals surface area (Å²) < 4.78 is 39.7. The Hall–Kier alpha value is -0.330. The molecule has 6 heteroatoms. The third-order valence-corrected chi connectivity index (χ3v) is 2.72. The number of alkyl halides is 3. The highest BCUT2D eigenvalue weighted by Gasteiger charge is 2.27. The van der Waals surface area contributed by atoms with E-state index < -0.39 is 12.8 Å². The van der Waals surface area contributed by atoms with Gasteiger partial charge in [-0.25, -0.2) is 0 Å². The van der Waals surface area contributed by atoms with Crippen LogP contribution in [-0.2, 0) is 4.74 Å². The molecule has 1 fully saturated rings. The summed E-state index contributed by atoms with van der Waals surface area (Å²) in [7, 11) is 0. The molecule has 0 bridgehead atoms. The van der Waals surface area contributed by atoms with Gasteiger partial charge in [0, 0.05) is 18.6 Å². The van der Waals surface area contributed by atoms with E-state index in [2.05, 4.69) is 10.1 Å². The molecule has 16 heavy (non-hydrogen) atoms. The average Bonchev–Trinajstić information content (AvgIpc) is 2.19. The average molecular weight is 240 g/mol. The van der Waals surface area contributed by atoms with E-state index in [-0.39, 0.29) is 6.61 Å². The lowest BCUT2D eigenvalue weighted by Crippen LogP contribution is -2.39. The standard InChI is InChI=1S/C10H19F3N2O/c11-10(12,13)7-16-6-5-15-9-3-1-8(14)2-4-9/h8-9,15H,1-7,14H2. The summed E-state index contributed by atoms with van der Waals surface area (Å²) in [6.07, 6.45) is -0.249. The third-order valence-electron chi connectivity index (χ3n) is 2.72. The summed E-state index contributed by atoms with van der Waals surface area (Å²) in [5.41, 5.74) is 5.74. The molecular weight excluding hydrogens is 221 g/mol. The Morgan fingerprint density at radius 1 is 1.19 bits per heavy atom. The Bertz CT molecular complexity index is 191. The van der Waals surface area contributed by atoms with Gasteiger partial charge < -0.3 is 15.8 Å². The van der Waals surface area contributed by atoms with Crippen LogP contribution in [0.25, 0.3) is 0 Å². The van der Waals surface area contributed by atoms with Crippen LogP contribution < -0.4 is 11.1 Å². The Morgan fingerprint density at radius 2 is 1.81 bits per heavy atom. The first kappa shape index (κ1) is 13.7. The molecule has 1 saturated carbocycles. The van der Waals surface area contributed by atoms with Crippen LogP contribution in [0.4, 0.5) is 13.2 Å². The molecule has 3 N–H and O–H groups in total. The number of nitrogens with two attached hydrogens (primary N) is 1. The van der Waals surface area contributed by atoms with E-state index in [1.807, 2.05) is 0 Å². The van der Waals surface area contributed by atoms with Crippen LogP contribution >= 0.6 is 0 Å². The smallest absolute Gasteiger partial charge is 0.371 e. The largest absolute Gasteiger partial charge is 0.411 e. The Kier molecular flexibility index (Phi) is 5.51. The fraction of sp³-hybridized carbons (Fsp3) is 1.00. The van der Waals surface area contributed by atoms with Gasteiger partial charge in [0.1, 0.15) is 6.61 Å². The lowest BCUT2D eigenvalue weighted by molar-refractivity contribution is -0.173.